The SMILES string of the molecule is Nc1cccc2nnc(CC3CCNC3)n12. The zero-order valence-corrected chi connectivity index (χ0v) is 9.06. The minimum atomic E-state index is 0.659. The fourth-order valence-corrected chi connectivity index (χ4v) is 2.31. The van der Waals surface area contributed by atoms with Crippen LogP contribution in [-0.4, -0.2) is 27.7 Å². The zero-order valence-electron chi connectivity index (χ0n) is 9.06. The highest BCUT2D eigenvalue weighted by Crippen LogP contribution is 2.17. The first-order valence-electron chi connectivity index (χ1n) is 5.64. The van der Waals surface area contributed by atoms with Gasteiger partial charge in [-0.2, -0.15) is 0 Å². The molecule has 5 heteroatoms. The summed E-state index contributed by atoms with van der Waals surface area (Å²) in [6, 6.07) is 5.72. The number of hydrogen-bond donors (Lipinski definition) is 2. The van der Waals surface area contributed by atoms with Crippen molar-refractivity contribution in [2.45, 2.75) is 12.8 Å². The molecular formula is C11H15N5. The third-order valence-electron chi connectivity index (χ3n) is 3.16. The van der Waals surface area contributed by atoms with Gasteiger partial charge in [0, 0.05) is 6.42 Å². The highest BCUT2D eigenvalue weighted by molar-refractivity contribution is 5.47. The van der Waals surface area contributed by atoms with E-state index >= 15 is 0 Å². The molecule has 3 rings (SSSR count). The first-order chi connectivity index (χ1) is 7.84. The summed E-state index contributed by atoms with van der Waals surface area (Å²) >= 11 is 0. The van der Waals surface area contributed by atoms with Gasteiger partial charge in [0.2, 0.25) is 0 Å². The van der Waals surface area contributed by atoms with Crippen molar-refractivity contribution in [3.63, 3.8) is 0 Å². The van der Waals surface area contributed by atoms with E-state index < -0.39 is 0 Å². The number of nitrogens with two attached hydrogens (primary N) is 1. The quantitative estimate of drug-likeness (QED) is 0.767. The van der Waals surface area contributed by atoms with Crippen molar-refractivity contribution in [1.82, 2.24) is 19.9 Å². The maximum absolute atomic E-state index is 5.94. The van der Waals surface area contributed by atoms with Gasteiger partial charge in [-0.1, -0.05) is 6.07 Å². The standard InChI is InChI=1S/C11H15N5/c12-9-2-1-3-10-14-15-11(16(9)10)6-8-4-5-13-7-8/h1-3,8,13H,4-7,12H2. The molecule has 0 radical (unpaired) electrons. The van der Waals surface area contributed by atoms with Crippen molar-refractivity contribution >= 4 is 11.5 Å². The summed E-state index contributed by atoms with van der Waals surface area (Å²) in [5.41, 5.74) is 6.78. The second-order valence-electron chi connectivity index (χ2n) is 4.32. The molecule has 1 saturated heterocycles. The number of hydrogen-bond acceptors (Lipinski definition) is 4. The van der Waals surface area contributed by atoms with Crippen molar-refractivity contribution in [3.8, 4) is 0 Å². The number of aromatic nitrogens is 3. The van der Waals surface area contributed by atoms with Crippen LogP contribution in [0.15, 0.2) is 18.2 Å². The summed E-state index contributed by atoms with van der Waals surface area (Å²) < 4.78 is 1.94. The van der Waals surface area contributed by atoms with Crippen LogP contribution in [0, 0.1) is 5.92 Å². The van der Waals surface area contributed by atoms with Crippen LogP contribution in [0.25, 0.3) is 5.65 Å². The van der Waals surface area contributed by atoms with Crippen LogP contribution < -0.4 is 11.1 Å². The van der Waals surface area contributed by atoms with Crippen molar-refractivity contribution in [2.75, 3.05) is 18.8 Å². The maximum atomic E-state index is 5.94. The van der Waals surface area contributed by atoms with Gasteiger partial charge >= 0.3 is 0 Å². The largest absolute Gasteiger partial charge is 0.385 e. The third kappa shape index (κ3) is 1.53. The summed E-state index contributed by atoms with van der Waals surface area (Å²) in [6.07, 6.45) is 2.16. The normalized spacial score (nSPS) is 20.6. The van der Waals surface area contributed by atoms with E-state index in [1.165, 1.54) is 6.42 Å². The molecule has 1 fully saturated rings. The number of nitrogens with zero attached hydrogens (tertiary/aromatic N) is 3. The first kappa shape index (κ1) is 9.59. The van der Waals surface area contributed by atoms with Crippen molar-refractivity contribution < 1.29 is 0 Å². The lowest BCUT2D eigenvalue weighted by Crippen LogP contribution is -2.13. The highest BCUT2D eigenvalue weighted by atomic mass is 15.3. The lowest BCUT2D eigenvalue weighted by Gasteiger charge is -2.07. The van der Waals surface area contributed by atoms with E-state index in [-0.39, 0.29) is 0 Å². The molecule has 0 bridgehead atoms. The summed E-state index contributed by atoms with van der Waals surface area (Å²) in [4.78, 5) is 0. The molecule has 1 atom stereocenters. The number of rotatable bonds is 2. The molecule has 1 aliphatic heterocycles. The monoisotopic (exact) mass is 217 g/mol. The summed E-state index contributed by atoms with van der Waals surface area (Å²) in [6.45, 7) is 2.18. The lowest BCUT2D eigenvalue weighted by atomic mass is 10.0. The minimum Gasteiger partial charge on any atom is -0.385 e. The van der Waals surface area contributed by atoms with Gasteiger partial charge in [-0.3, -0.25) is 4.40 Å². The predicted molar refractivity (Wildman–Crippen MR) is 62.1 cm³/mol. The van der Waals surface area contributed by atoms with Gasteiger partial charge < -0.3 is 11.1 Å². The van der Waals surface area contributed by atoms with E-state index in [2.05, 4.69) is 15.5 Å². The number of nitrogens with one attached hydrogen (secondary N) is 1. The van der Waals surface area contributed by atoms with Gasteiger partial charge in [0.1, 0.15) is 11.6 Å². The molecule has 1 unspecified atom stereocenters. The molecule has 5 nitrogen and oxygen atoms in total. The zero-order chi connectivity index (χ0) is 11.0. The van der Waals surface area contributed by atoms with Crippen LogP contribution in [0.1, 0.15) is 12.2 Å². The van der Waals surface area contributed by atoms with Crippen molar-refractivity contribution in [2.24, 2.45) is 5.92 Å². The molecule has 2 aromatic rings. The number of pyridine rings is 1. The molecule has 16 heavy (non-hydrogen) atoms. The van der Waals surface area contributed by atoms with E-state index in [9.17, 15) is 0 Å². The third-order valence-corrected chi connectivity index (χ3v) is 3.16. The van der Waals surface area contributed by atoms with Crippen LogP contribution in [0.4, 0.5) is 5.82 Å². The van der Waals surface area contributed by atoms with E-state index in [0.29, 0.717) is 11.7 Å². The van der Waals surface area contributed by atoms with E-state index in [1.807, 2.05) is 22.6 Å². The average Bonchev–Trinajstić information content (AvgIpc) is 2.90. The Bertz CT molecular complexity index is 498. The Balaban J connectivity index is 1.97. The van der Waals surface area contributed by atoms with Gasteiger partial charge in [-0.15, -0.1) is 10.2 Å². The van der Waals surface area contributed by atoms with Crippen LogP contribution in [0.3, 0.4) is 0 Å². The molecule has 84 valence electrons. The van der Waals surface area contributed by atoms with E-state index in [0.717, 1.165) is 31.0 Å². The molecule has 0 saturated carbocycles. The van der Waals surface area contributed by atoms with Gasteiger partial charge in [-0.25, -0.2) is 0 Å². The van der Waals surface area contributed by atoms with Crippen molar-refractivity contribution in [1.29, 1.82) is 0 Å². The Labute approximate surface area is 93.7 Å². The smallest absolute Gasteiger partial charge is 0.162 e. The van der Waals surface area contributed by atoms with Crippen molar-refractivity contribution in [3.05, 3.63) is 24.0 Å². The van der Waals surface area contributed by atoms with Crippen LogP contribution in [0.5, 0.6) is 0 Å². The Morgan fingerprint density at radius 1 is 1.44 bits per heavy atom. The molecule has 3 N–H and O–H groups in total. The Morgan fingerprint density at radius 3 is 3.19 bits per heavy atom. The molecule has 1 aliphatic rings. The van der Waals surface area contributed by atoms with Crippen LogP contribution in [-0.2, 0) is 6.42 Å². The molecular weight excluding hydrogens is 202 g/mol. The van der Waals surface area contributed by atoms with E-state index in [4.69, 9.17) is 5.73 Å². The van der Waals surface area contributed by atoms with Gasteiger partial charge in [0.05, 0.1) is 0 Å². The Hall–Kier alpha value is -1.62. The van der Waals surface area contributed by atoms with Gasteiger partial charge in [-0.05, 0) is 37.6 Å². The molecule has 0 aliphatic carbocycles. The Kier molecular flexibility index (Phi) is 2.25. The van der Waals surface area contributed by atoms with Crippen LogP contribution in [0.2, 0.25) is 0 Å². The van der Waals surface area contributed by atoms with Gasteiger partial charge in [0.25, 0.3) is 0 Å². The average molecular weight is 217 g/mol. The number of anilines is 1. The second-order valence-corrected chi connectivity index (χ2v) is 4.32. The number of nitrogen functional groups attached to an aromatic ring is 1. The first-order valence-corrected chi connectivity index (χ1v) is 5.64. The summed E-state index contributed by atoms with van der Waals surface area (Å²) in [5.74, 6) is 2.34. The molecule has 0 amide bonds. The summed E-state index contributed by atoms with van der Waals surface area (Å²) in [5, 5.41) is 11.7. The molecule has 2 aromatic heterocycles. The topological polar surface area (TPSA) is 68.2 Å². The predicted octanol–water partition coefficient (Wildman–Crippen LogP) is 0.463. The number of fused-ring (bicyclic) bond motifs is 1. The minimum absolute atomic E-state index is 0.659. The van der Waals surface area contributed by atoms with E-state index in [1.54, 1.807) is 0 Å². The lowest BCUT2D eigenvalue weighted by molar-refractivity contribution is 0.559. The summed E-state index contributed by atoms with van der Waals surface area (Å²) in [7, 11) is 0. The maximum Gasteiger partial charge on any atom is 0.162 e. The molecule has 0 spiro atoms. The highest BCUT2D eigenvalue weighted by Gasteiger charge is 2.18. The van der Waals surface area contributed by atoms with Gasteiger partial charge in [0.15, 0.2) is 5.65 Å². The molecule has 0 aromatic carbocycles. The fourth-order valence-electron chi connectivity index (χ4n) is 2.31. The Morgan fingerprint density at radius 2 is 2.38 bits per heavy atom. The molecule has 3 heterocycles. The second kappa shape index (κ2) is 3.75. The van der Waals surface area contributed by atoms with Crippen LogP contribution >= 0.6 is 0 Å². The fraction of sp³-hybridized carbons (Fsp3) is 0.455.